The highest BCUT2D eigenvalue weighted by molar-refractivity contribution is 6.00. The number of ketones is 1. The monoisotopic (exact) mass is 176 g/mol. The molecule has 0 unspecified atom stereocenters. The summed E-state index contributed by atoms with van der Waals surface area (Å²) in [6, 6.07) is 3.85. The number of fused-ring (bicyclic) bond motifs is 1. The fourth-order valence-electron chi connectivity index (χ4n) is 1.83. The number of aryl methyl sites for hydroxylation is 2. The molecule has 2 nitrogen and oxygen atoms in total. The highest BCUT2D eigenvalue weighted by Gasteiger charge is 2.20. The fourth-order valence-corrected chi connectivity index (χ4v) is 1.83. The first-order chi connectivity index (χ1) is 6.22. The van der Waals surface area contributed by atoms with Gasteiger partial charge in [-0.3, -0.25) is 4.79 Å². The fraction of sp³-hybridized carbons (Fsp3) is 0.364. The minimum atomic E-state index is 0.0202. The lowest BCUT2D eigenvalue weighted by molar-refractivity contribution is 0.0994. The average Bonchev–Trinajstić information content (AvgIpc) is 2.46. The maximum atomic E-state index is 11.4. The van der Waals surface area contributed by atoms with Gasteiger partial charge in [0.15, 0.2) is 5.78 Å². The number of carbonyl (C=O) groups is 1. The molecule has 68 valence electrons. The minimum absolute atomic E-state index is 0.0202. The SMILES string of the molecule is Cc1cc2c(cc1CO)C(=O)CC2. The van der Waals surface area contributed by atoms with E-state index in [4.69, 9.17) is 5.11 Å². The zero-order valence-corrected chi connectivity index (χ0v) is 7.63. The van der Waals surface area contributed by atoms with Crippen molar-refractivity contribution in [3.05, 3.63) is 34.4 Å². The predicted octanol–water partition coefficient (Wildman–Crippen LogP) is 1.62. The number of carbonyl (C=O) groups excluding carboxylic acids is 1. The van der Waals surface area contributed by atoms with E-state index in [1.54, 1.807) is 0 Å². The van der Waals surface area contributed by atoms with E-state index < -0.39 is 0 Å². The van der Waals surface area contributed by atoms with Crippen molar-refractivity contribution in [2.45, 2.75) is 26.4 Å². The summed E-state index contributed by atoms with van der Waals surface area (Å²) in [6.45, 7) is 1.99. The van der Waals surface area contributed by atoms with Crippen molar-refractivity contribution in [2.75, 3.05) is 0 Å². The van der Waals surface area contributed by atoms with Crippen molar-refractivity contribution < 1.29 is 9.90 Å². The van der Waals surface area contributed by atoms with Crippen molar-refractivity contribution in [2.24, 2.45) is 0 Å². The Hall–Kier alpha value is -1.15. The van der Waals surface area contributed by atoms with Crippen LogP contribution in [0.3, 0.4) is 0 Å². The molecule has 0 heterocycles. The van der Waals surface area contributed by atoms with Gasteiger partial charge < -0.3 is 5.11 Å². The van der Waals surface area contributed by atoms with E-state index in [1.807, 2.05) is 19.1 Å². The zero-order chi connectivity index (χ0) is 9.42. The number of hydrogen-bond donors (Lipinski definition) is 1. The Labute approximate surface area is 77.2 Å². The Morgan fingerprint density at radius 2 is 2.15 bits per heavy atom. The minimum Gasteiger partial charge on any atom is -0.392 e. The first-order valence-corrected chi connectivity index (χ1v) is 4.49. The number of benzene rings is 1. The zero-order valence-electron chi connectivity index (χ0n) is 7.63. The van der Waals surface area contributed by atoms with Gasteiger partial charge in [-0.05, 0) is 36.1 Å². The van der Waals surface area contributed by atoms with Crippen molar-refractivity contribution in [1.82, 2.24) is 0 Å². The lowest BCUT2D eigenvalue weighted by Crippen LogP contribution is -1.96. The molecule has 2 rings (SSSR count). The first kappa shape index (κ1) is 8.45. The van der Waals surface area contributed by atoms with Gasteiger partial charge in [0.1, 0.15) is 0 Å². The quantitative estimate of drug-likeness (QED) is 0.706. The van der Waals surface area contributed by atoms with Crippen molar-refractivity contribution in [3.8, 4) is 0 Å². The molecule has 0 aliphatic heterocycles. The maximum Gasteiger partial charge on any atom is 0.163 e. The third kappa shape index (κ3) is 1.27. The molecule has 0 bridgehead atoms. The summed E-state index contributed by atoms with van der Waals surface area (Å²) in [6.07, 6.45) is 1.49. The second kappa shape index (κ2) is 2.96. The number of rotatable bonds is 1. The van der Waals surface area contributed by atoms with Crippen molar-refractivity contribution in [3.63, 3.8) is 0 Å². The molecule has 1 aromatic carbocycles. The first-order valence-electron chi connectivity index (χ1n) is 4.49. The van der Waals surface area contributed by atoms with Crippen LogP contribution >= 0.6 is 0 Å². The van der Waals surface area contributed by atoms with Crippen LogP contribution in [0.5, 0.6) is 0 Å². The Kier molecular flexibility index (Phi) is 1.93. The molecule has 1 N–H and O–H groups in total. The Morgan fingerprint density at radius 1 is 1.38 bits per heavy atom. The van der Waals surface area contributed by atoms with Crippen molar-refractivity contribution >= 4 is 5.78 Å². The molecule has 0 saturated carbocycles. The predicted molar refractivity (Wildman–Crippen MR) is 49.8 cm³/mol. The van der Waals surface area contributed by atoms with Crippen LogP contribution in [0.15, 0.2) is 12.1 Å². The van der Waals surface area contributed by atoms with Gasteiger partial charge in [-0.15, -0.1) is 0 Å². The summed E-state index contributed by atoms with van der Waals surface area (Å²) in [7, 11) is 0. The van der Waals surface area contributed by atoms with Crippen LogP contribution in [-0.4, -0.2) is 10.9 Å². The molecule has 2 heteroatoms. The van der Waals surface area contributed by atoms with Gasteiger partial charge in [-0.2, -0.15) is 0 Å². The number of Topliss-reactive ketones (excluding diaryl/α,β-unsaturated/α-hetero) is 1. The van der Waals surface area contributed by atoms with Crippen LogP contribution in [-0.2, 0) is 13.0 Å². The lowest BCUT2D eigenvalue weighted by atomic mass is 10.0. The molecule has 0 spiro atoms. The maximum absolute atomic E-state index is 11.4. The smallest absolute Gasteiger partial charge is 0.163 e. The molecule has 0 saturated heterocycles. The van der Waals surface area contributed by atoms with E-state index in [1.165, 1.54) is 0 Å². The molecule has 1 aromatic rings. The van der Waals surface area contributed by atoms with E-state index >= 15 is 0 Å². The molecule has 13 heavy (non-hydrogen) atoms. The molecule has 0 aromatic heterocycles. The summed E-state index contributed by atoms with van der Waals surface area (Å²) in [5.41, 5.74) is 3.90. The van der Waals surface area contributed by atoms with Gasteiger partial charge in [0.05, 0.1) is 6.61 Å². The molecular weight excluding hydrogens is 164 g/mol. The summed E-state index contributed by atoms with van der Waals surface area (Å²) < 4.78 is 0. The Morgan fingerprint density at radius 3 is 2.85 bits per heavy atom. The van der Waals surface area contributed by atoms with Crippen LogP contribution in [0.25, 0.3) is 0 Å². The van der Waals surface area contributed by atoms with E-state index in [9.17, 15) is 4.79 Å². The summed E-state index contributed by atoms with van der Waals surface area (Å²) in [4.78, 5) is 11.4. The molecule has 1 aliphatic rings. The molecular formula is C11H12O2. The van der Waals surface area contributed by atoms with E-state index in [0.717, 1.165) is 28.7 Å². The topological polar surface area (TPSA) is 37.3 Å². The Balaban J connectivity index is 2.57. The van der Waals surface area contributed by atoms with Gasteiger partial charge in [0, 0.05) is 12.0 Å². The third-order valence-corrected chi connectivity index (χ3v) is 2.65. The summed E-state index contributed by atoms with van der Waals surface area (Å²) in [5.74, 6) is 0.213. The molecule has 0 amide bonds. The van der Waals surface area contributed by atoms with Gasteiger partial charge in [0.2, 0.25) is 0 Å². The number of hydrogen-bond acceptors (Lipinski definition) is 2. The molecule has 0 radical (unpaired) electrons. The summed E-state index contributed by atoms with van der Waals surface area (Å²) in [5, 5.41) is 9.02. The summed E-state index contributed by atoms with van der Waals surface area (Å²) >= 11 is 0. The lowest BCUT2D eigenvalue weighted by Gasteiger charge is -2.05. The van der Waals surface area contributed by atoms with Crippen LogP contribution in [0, 0.1) is 6.92 Å². The van der Waals surface area contributed by atoms with Gasteiger partial charge >= 0.3 is 0 Å². The highest BCUT2D eigenvalue weighted by atomic mass is 16.3. The molecule has 1 aliphatic carbocycles. The van der Waals surface area contributed by atoms with Crippen LogP contribution in [0.1, 0.15) is 33.5 Å². The standard InChI is InChI=1S/C11H12O2/c1-7-4-8-2-3-11(13)10(8)5-9(7)6-12/h4-5,12H,2-3,6H2,1H3. The third-order valence-electron chi connectivity index (χ3n) is 2.65. The normalized spacial score (nSPS) is 14.8. The van der Waals surface area contributed by atoms with E-state index in [0.29, 0.717) is 6.42 Å². The second-order valence-electron chi connectivity index (χ2n) is 3.52. The van der Waals surface area contributed by atoms with Crippen LogP contribution in [0.2, 0.25) is 0 Å². The second-order valence-corrected chi connectivity index (χ2v) is 3.52. The number of aliphatic hydroxyl groups is 1. The van der Waals surface area contributed by atoms with Crippen LogP contribution < -0.4 is 0 Å². The highest BCUT2D eigenvalue weighted by Crippen LogP contribution is 2.25. The van der Waals surface area contributed by atoms with Gasteiger partial charge in [-0.25, -0.2) is 0 Å². The molecule has 0 fully saturated rings. The largest absolute Gasteiger partial charge is 0.392 e. The van der Waals surface area contributed by atoms with Crippen LogP contribution in [0.4, 0.5) is 0 Å². The Bertz CT molecular complexity index is 367. The van der Waals surface area contributed by atoms with Gasteiger partial charge in [0.25, 0.3) is 0 Å². The van der Waals surface area contributed by atoms with Gasteiger partial charge in [-0.1, -0.05) is 6.07 Å². The van der Waals surface area contributed by atoms with E-state index in [2.05, 4.69) is 0 Å². The average molecular weight is 176 g/mol. The molecule has 0 atom stereocenters. The van der Waals surface area contributed by atoms with E-state index in [-0.39, 0.29) is 12.4 Å². The van der Waals surface area contributed by atoms with Crippen molar-refractivity contribution in [1.29, 1.82) is 0 Å². The number of aliphatic hydroxyl groups excluding tert-OH is 1.